The third kappa shape index (κ3) is 1.87. The van der Waals surface area contributed by atoms with E-state index in [0.29, 0.717) is 5.69 Å². The minimum Gasteiger partial charge on any atom is -0.354 e. The van der Waals surface area contributed by atoms with Crippen LogP contribution in [0.5, 0.6) is 0 Å². The van der Waals surface area contributed by atoms with Crippen LogP contribution in [0.2, 0.25) is 0 Å². The van der Waals surface area contributed by atoms with E-state index in [0.717, 1.165) is 16.9 Å². The van der Waals surface area contributed by atoms with Crippen LogP contribution < -0.4 is 5.32 Å². The maximum absolute atomic E-state index is 11.9. The number of carbonyl (C=O) groups excluding carboxylic acids is 1. The van der Waals surface area contributed by atoms with E-state index in [1.54, 1.807) is 19.3 Å². The van der Waals surface area contributed by atoms with Gasteiger partial charge in [-0.25, -0.2) is 4.98 Å². The average Bonchev–Trinajstić information content (AvgIpc) is 2.91. The van der Waals surface area contributed by atoms with Crippen LogP contribution in [0, 0.1) is 0 Å². The first kappa shape index (κ1) is 11.5. The van der Waals surface area contributed by atoms with E-state index in [9.17, 15) is 4.79 Å². The lowest BCUT2D eigenvalue weighted by Crippen LogP contribution is -2.21. The standard InChI is InChI=1S/C15H13N3O/c1-16-15(19)12-8-5-9-14-17-10-13(18(12)14)11-6-3-2-4-7-11/h2-10H,1H3,(H,16,19). The summed E-state index contributed by atoms with van der Waals surface area (Å²) in [6.07, 6.45) is 1.79. The van der Waals surface area contributed by atoms with Crippen molar-refractivity contribution in [2.45, 2.75) is 0 Å². The molecule has 94 valence electrons. The monoisotopic (exact) mass is 251 g/mol. The molecule has 2 aromatic heterocycles. The zero-order valence-corrected chi connectivity index (χ0v) is 10.5. The van der Waals surface area contributed by atoms with E-state index in [4.69, 9.17) is 0 Å². The molecular weight excluding hydrogens is 238 g/mol. The number of hydrogen-bond donors (Lipinski definition) is 1. The van der Waals surface area contributed by atoms with Gasteiger partial charge >= 0.3 is 0 Å². The molecule has 0 aliphatic carbocycles. The Labute approximate surface area is 110 Å². The van der Waals surface area contributed by atoms with Crippen LogP contribution in [0.15, 0.2) is 54.7 Å². The van der Waals surface area contributed by atoms with Crippen molar-refractivity contribution >= 4 is 11.6 Å². The third-order valence-corrected chi connectivity index (χ3v) is 3.06. The van der Waals surface area contributed by atoms with Crippen LogP contribution in [-0.4, -0.2) is 22.3 Å². The molecule has 1 amide bonds. The molecule has 3 rings (SSSR count). The first-order chi connectivity index (χ1) is 9.31. The van der Waals surface area contributed by atoms with Crippen molar-refractivity contribution in [2.24, 2.45) is 0 Å². The van der Waals surface area contributed by atoms with Crippen molar-refractivity contribution in [1.29, 1.82) is 0 Å². The minimum atomic E-state index is -0.124. The summed E-state index contributed by atoms with van der Waals surface area (Å²) >= 11 is 0. The number of rotatable bonds is 2. The number of hydrogen-bond acceptors (Lipinski definition) is 2. The quantitative estimate of drug-likeness (QED) is 0.760. The summed E-state index contributed by atoms with van der Waals surface area (Å²) in [5, 5.41) is 2.65. The third-order valence-electron chi connectivity index (χ3n) is 3.06. The molecule has 2 heterocycles. The van der Waals surface area contributed by atoms with Crippen molar-refractivity contribution in [1.82, 2.24) is 14.7 Å². The summed E-state index contributed by atoms with van der Waals surface area (Å²) in [6, 6.07) is 15.4. The Hall–Kier alpha value is -2.62. The fourth-order valence-electron chi connectivity index (χ4n) is 2.15. The summed E-state index contributed by atoms with van der Waals surface area (Å²) in [4.78, 5) is 16.3. The highest BCUT2D eigenvalue weighted by molar-refractivity contribution is 5.93. The molecule has 19 heavy (non-hydrogen) atoms. The second-order valence-corrected chi connectivity index (χ2v) is 4.19. The van der Waals surface area contributed by atoms with Crippen LogP contribution in [-0.2, 0) is 0 Å². The van der Waals surface area contributed by atoms with Crippen molar-refractivity contribution < 1.29 is 4.79 Å². The Kier molecular flexibility index (Phi) is 2.76. The lowest BCUT2D eigenvalue weighted by atomic mass is 10.1. The smallest absolute Gasteiger partial charge is 0.268 e. The van der Waals surface area contributed by atoms with Crippen molar-refractivity contribution in [3.05, 3.63) is 60.4 Å². The lowest BCUT2D eigenvalue weighted by Gasteiger charge is -2.07. The highest BCUT2D eigenvalue weighted by atomic mass is 16.1. The summed E-state index contributed by atoms with van der Waals surface area (Å²) in [7, 11) is 1.63. The van der Waals surface area contributed by atoms with Gasteiger partial charge in [-0.1, -0.05) is 36.4 Å². The van der Waals surface area contributed by atoms with Crippen molar-refractivity contribution in [3.63, 3.8) is 0 Å². The normalized spacial score (nSPS) is 10.6. The molecule has 0 unspecified atom stereocenters. The van der Waals surface area contributed by atoms with Gasteiger partial charge in [-0.2, -0.15) is 0 Å². The molecule has 0 fully saturated rings. The van der Waals surface area contributed by atoms with Crippen LogP contribution >= 0.6 is 0 Å². The number of nitrogens with one attached hydrogen (secondary N) is 1. The predicted molar refractivity (Wildman–Crippen MR) is 74.0 cm³/mol. The molecule has 0 radical (unpaired) electrons. The largest absolute Gasteiger partial charge is 0.354 e. The Morgan fingerprint density at radius 2 is 1.89 bits per heavy atom. The van der Waals surface area contributed by atoms with Crippen LogP contribution in [0.1, 0.15) is 10.5 Å². The topological polar surface area (TPSA) is 46.4 Å². The number of amides is 1. The van der Waals surface area contributed by atoms with Crippen LogP contribution in [0.3, 0.4) is 0 Å². The van der Waals surface area contributed by atoms with Gasteiger partial charge < -0.3 is 5.32 Å². The number of imidazole rings is 1. The average molecular weight is 251 g/mol. The molecular formula is C15H13N3O. The molecule has 0 aliphatic heterocycles. The van der Waals surface area contributed by atoms with Crippen LogP contribution in [0.4, 0.5) is 0 Å². The summed E-state index contributed by atoms with van der Waals surface area (Å²) in [5.74, 6) is -0.124. The SMILES string of the molecule is CNC(=O)c1cccc2ncc(-c3ccccc3)n12. The number of fused-ring (bicyclic) bond motifs is 1. The van der Waals surface area contributed by atoms with Gasteiger partial charge in [-0.15, -0.1) is 0 Å². The van der Waals surface area contributed by atoms with Gasteiger partial charge in [0, 0.05) is 12.6 Å². The molecule has 0 bridgehead atoms. The number of pyridine rings is 1. The number of benzene rings is 1. The molecule has 4 heteroatoms. The second-order valence-electron chi connectivity index (χ2n) is 4.19. The molecule has 3 aromatic rings. The van der Waals surface area contributed by atoms with E-state index < -0.39 is 0 Å². The van der Waals surface area contributed by atoms with E-state index in [1.165, 1.54) is 0 Å². The molecule has 0 saturated carbocycles. The van der Waals surface area contributed by atoms with Gasteiger partial charge in [0.2, 0.25) is 0 Å². The van der Waals surface area contributed by atoms with Gasteiger partial charge in [-0.3, -0.25) is 9.20 Å². The Bertz CT molecular complexity index is 731. The fraction of sp³-hybridized carbons (Fsp3) is 0.0667. The molecule has 1 aromatic carbocycles. The molecule has 0 spiro atoms. The Morgan fingerprint density at radius 1 is 1.11 bits per heavy atom. The van der Waals surface area contributed by atoms with Gasteiger partial charge in [0.1, 0.15) is 11.3 Å². The maximum atomic E-state index is 11.9. The van der Waals surface area contributed by atoms with Gasteiger partial charge in [0.15, 0.2) is 0 Å². The first-order valence-electron chi connectivity index (χ1n) is 6.05. The molecule has 0 saturated heterocycles. The zero-order chi connectivity index (χ0) is 13.2. The predicted octanol–water partition coefficient (Wildman–Crippen LogP) is 2.36. The van der Waals surface area contributed by atoms with Gasteiger partial charge in [0.05, 0.1) is 11.9 Å². The Balaban J connectivity index is 2.30. The number of aromatic nitrogens is 2. The number of nitrogens with zero attached hydrogens (tertiary/aromatic N) is 2. The van der Waals surface area contributed by atoms with E-state index in [2.05, 4.69) is 10.3 Å². The Morgan fingerprint density at radius 3 is 2.63 bits per heavy atom. The van der Waals surface area contributed by atoms with Gasteiger partial charge in [0.25, 0.3) is 5.91 Å². The number of carbonyl (C=O) groups is 1. The molecule has 1 N–H and O–H groups in total. The minimum absolute atomic E-state index is 0.124. The maximum Gasteiger partial charge on any atom is 0.268 e. The highest BCUT2D eigenvalue weighted by Crippen LogP contribution is 2.22. The first-order valence-corrected chi connectivity index (χ1v) is 6.05. The zero-order valence-electron chi connectivity index (χ0n) is 10.5. The van der Waals surface area contributed by atoms with Crippen molar-refractivity contribution in [2.75, 3.05) is 7.05 Å². The molecule has 4 nitrogen and oxygen atoms in total. The van der Waals surface area contributed by atoms with Crippen LogP contribution in [0.25, 0.3) is 16.9 Å². The van der Waals surface area contributed by atoms with E-state index >= 15 is 0 Å². The van der Waals surface area contributed by atoms with Gasteiger partial charge in [-0.05, 0) is 12.1 Å². The van der Waals surface area contributed by atoms with E-state index in [-0.39, 0.29) is 5.91 Å². The fourth-order valence-corrected chi connectivity index (χ4v) is 2.15. The second kappa shape index (κ2) is 4.57. The lowest BCUT2D eigenvalue weighted by molar-refractivity contribution is 0.0957. The summed E-state index contributed by atoms with van der Waals surface area (Å²) < 4.78 is 1.87. The molecule has 0 atom stereocenters. The highest BCUT2D eigenvalue weighted by Gasteiger charge is 2.13. The van der Waals surface area contributed by atoms with Crippen molar-refractivity contribution in [3.8, 4) is 11.3 Å². The van der Waals surface area contributed by atoms with E-state index in [1.807, 2.05) is 46.9 Å². The summed E-state index contributed by atoms with van der Waals surface area (Å²) in [5.41, 5.74) is 3.29. The molecule has 0 aliphatic rings. The summed E-state index contributed by atoms with van der Waals surface area (Å²) in [6.45, 7) is 0.